The molecule has 44 heavy (non-hydrogen) atoms. The molecular weight excluding hydrogens is 568 g/mol. The van der Waals surface area contributed by atoms with Crippen molar-refractivity contribution < 1.29 is 14.4 Å². The largest absolute Gasteiger partial charge is 0.279 e. The summed E-state index contributed by atoms with van der Waals surface area (Å²) in [7, 11) is 0. The minimum atomic E-state index is -0.307. The Labute approximate surface area is 256 Å². The lowest BCUT2D eigenvalue weighted by Crippen LogP contribution is -2.28. The topological polar surface area (TPSA) is 85.2 Å². The van der Waals surface area contributed by atoms with Crippen molar-refractivity contribution in [1.82, 2.24) is 19.7 Å². The quantitative estimate of drug-likeness (QED) is 0.196. The molecule has 4 heterocycles. The second-order valence-corrected chi connectivity index (χ2v) is 12.1. The van der Waals surface area contributed by atoms with E-state index in [1.165, 1.54) is 16.2 Å². The first-order chi connectivity index (χ1) is 21.5. The van der Waals surface area contributed by atoms with E-state index in [0.717, 1.165) is 49.4 Å². The third kappa shape index (κ3) is 4.06. The molecule has 0 saturated carbocycles. The molecule has 0 atom stereocenters. The maximum atomic E-state index is 14.2. The molecule has 2 aliphatic heterocycles. The fourth-order valence-corrected chi connectivity index (χ4v) is 7.20. The van der Waals surface area contributed by atoms with Gasteiger partial charge in [-0.15, -0.1) is 11.3 Å². The number of carbonyl (C=O) groups is 3. The van der Waals surface area contributed by atoms with E-state index in [2.05, 4.69) is 12.1 Å². The Balaban J connectivity index is 1.15. The molecule has 8 rings (SSSR count). The van der Waals surface area contributed by atoms with Crippen LogP contribution in [0.1, 0.15) is 48.7 Å². The number of aromatic nitrogens is 3. The Hall–Kier alpha value is -5.47. The number of thiazole rings is 1. The molecule has 0 N–H and O–H groups in total. The van der Waals surface area contributed by atoms with Crippen molar-refractivity contribution in [2.75, 3.05) is 0 Å². The van der Waals surface area contributed by atoms with Gasteiger partial charge < -0.3 is 0 Å². The molecule has 0 saturated heterocycles. The molecule has 2 aliphatic rings. The summed E-state index contributed by atoms with van der Waals surface area (Å²) in [5, 5.41) is 5.55. The molecule has 212 valence electrons. The van der Waals surface area contributed by atoms with Gasteiger partial charge in [-0.25, -0.2) is 4.98 Å². The highest BCUT2D eigenvalue weighted by Gasteiger charge is 2.36. The van der Waals surface area contributed by atoms with Crippen molar-refractivity contribution in [3.8, 4) is 22.4 Å². The Kier molecular flexibility index (Phi) is 5.99. The molecule has 0 bridgehead atoms. The summed E-state index contributed by atoms with van der Waals surface area (Å²) in [5.41, 5.74) is 8.58. The van der Waals surface area contributed by atoms with Crippen molar-refractivity contribution in [3.63, 3.8) is 0 Å². The second-order valence-electron chi connectivity index (χ2n) is 11.0. The number of benzene rings is 4. The number of rotatable bonds is 5. The van der Waals surface area contributed by atoms with Crippen LogP contribution in [0.15, 0.2) is 109 Å². The second kappa shape index (κ2) is 10.1. The molecule has 0 aliphatic carbocycles. The van der Waals surface area contributed by atoms with E-state index in [9.17, 15) is 14.4 Å². The normalized spacial score (nSPS) is 14.5. The van der Waals surface area contributed by atoms with Gasteiger partial charge in [0.2, 0.25) is 0 Å². The van der Waals surface area contributed by atoms with E-state index in [1.54, 1.807) is 28.9 Å². The Bertz CT molecular complexity index is 2160. The van der Waals surface area contributed by atoms with Crippen LogP contribution in [0.25, 0.3) is 38.2 Å². The zero-order valence-corrected chi connectivity index (χ0v) is 24.5. The predicted octanol–water partition coefficient (Wildman–Crippen LogP) is 7.29. The smallest absolute Gasteiger partial charge is 0.269 e. The maximum Gasteiger partial charge on any atom is 0.279 e. The number of carbonyl (C=O) groups excluding carboxylic acids is 3. The van der Waals surface area contributed by atoms with Crippen LogP contribution in [0.4, 0.5) is 0 Å². The number of imide groups is 1. The summed E-state index contributed by atoms with van der Waals surface area (Å²) < 4.78 is 2.45. The SMILES string of the molecule is CC1=C(c2ccc3nc(CN4C(=O)c5ccccc5C4=O)sc3c2)C(=O)n2nc(-c3ccccc3)c(-c3ccccc3)c2C1. The van der Waals surface area contributed by atoms with Crippen molar-refractivity contribution >= 4 is 44.8 Å². The van der Waals surface area contributed by atoms with E-state index in [0.29, 0.717) is 28.1 Å². The van der Waals surface area contributed by atoms with E-state index < -0.39 is 0 Å². The summed E-state index contributed by atoms with van der Waals surface area (Å²) >= 11 is 1.42. The van der Waals surface area contributed by atoms with Gasteiger partial charge in [-0.2, -0.15) is 9.78 Å². The third-order valence-electron chi connectivity index (χ3n) is 8.25. The molecule has 0 fully saturated rings. The van der Waals surface area contributed by atoms with E-state index in [1.807, 2.05) is 73.7 Å². The molecule has 2 amide bonds. The standard InChI is InChI=1S/C36H24N4O3S/c1-21-18-28-32(22-10-4-2-5-11-22)33(23-12-6-3-7-13-23)38-40(28)36(43)31(21)24-16-17-27-29(19-24)44-30(37-27)20-39-34(41)25-14-8-9-15-26(25)35(39)42/h2-17,19H,18,20H2,1H3. The van der Waals surface area contributed by atoms with Crippen LogP contribution in [0.2, 0.25) is 0 Å². The van der Waals surface area contributed by atoms with Crippen LogP contribution in [-0.2, 0) is 13.0 Å². The average Bonchev–Trinajstić information content (AvgIpc) is 3.71. The van der Waals surface area contributed by atoms with Gasteiger partial charge in [-0.3, -0.25) is 19.3 Å². The van der Waals surface area contributed by atoms with Crippen LogP contribution in [0.3, 0.4) is 0 Å². The van der Waals surface area contributed by atoms with Crippen molar-refractivity contribution in [3.05, 3.63) is 136 Å². The lowest BCUT2D eigenvalue weighted by atomic mass is 9.90. The highest BCUT2D eigenvalue weighted by molar-refractivity contribution is 7.18. The van der Waals surface area contributed by atoms with Crippen molar-refractivity contribution in [1.29, 1.82) is 0 Å². The van der Waals surface area contributed by atoms with Crippen LogP contribution < -0.4 is 0 Å². The van der Waals surface area contributed by atoms with Gasteiger partial charge in [0, 0.05) is 23.1 Å². The van der Waals surface area contributed by atoms with Gasteiger partial charge in [0.15, 0.2) is 0 Å². The van der Waals surface area contributed by atoms with E-state index in [4.69, 9.17) is 10.1 Å². The number of amides is 2. The predicted molar refractivity (Wildman–Crippen MR) is 170 cm³/mol. The Morgan fingerprint density at radius 3 is 2.05 bits per heavy atom. The summed E-state index contributed by atoms with van der Waals surface area (Å²) in [6.45, 7) is 2.11. The van der Waals surface area contributed by atoms with Gasteiger partial charge in [-0.05, 0) is 42.3 Å². The number of hydrogen-bond donors (Lipinski definition) is 0. The minimum absolute atomic E-state index is 0.100. The van der Waals surface area contributed by atoms with E-state index in [-0.39, 0.29) is 24.3 Å². The number of allylic oxidation sites excluding steroid dienone is 2. The summed E-state index contributed by atoms with van der Waals surface area (Å²) in [4.78, 5) is 45.9. The molecular formula is C36H24N4O3S. The molecule has 6 aromatic rings. The van der Waals surface area contributed by atoms with Gasteiger partial charge in [0.1, 0.15) is 10.7 Å². The molecule has 0 spiro atoms. The van der Waals surface area contributed by atoms with Gasteiger partial charge in [-0.1, -0.05) is 84.4 Å². The Morgan fingerprint density at radius 2 is 1.36 bits per heavy atom. The third-order valence-corrected chi connectivity index (χ3v) is 9.25. The maximum absolute atomic E-state index is 14.2. The monoisotopic (exact) mass is 592 g/mol. The highest BCUT2D eigenvalue weighted by Crippen LogP contribution is 2.40. The zero-order chi connectivity index (χ0) is 29.9. The Morgan fingerprint density at radius 1 is 0.727 bits per heavy atom. The van der Waals surface area contributed by atoms with Crippen molar-refractivity contribution in [2.45, 2.75) is 19.9 Å². The zero-order valence-electron chi connectivity index (χ0n) is 23.7. The van der Waals surface area contributed by atoms with Gasteiger partial charge in [0.25, 0.3) is 17.7 Å². The first-order valence-electron chi connectivity index (χ1n) is 14.3. The number of hydrogen-bond acceptors (Lipinski definition) is 6. The molecule has 4 aromatic carbocycles. The fraction of sp³-hybridized carbons (Fsp3) is 0.0833. The number of nitrogens with zero attached hydrogens (tertiary/aromatic N) is 4. The summed E-state index contributed by atoms with van der Waals surface area (Å²) in [5.74, 6) is -0.781. The van der Waals surface area contributed by atoms with Crippen LogP contribution in [0.5, 0.6) is 0 Å². The molecule has 7 nitrogen and oxygen atoms in total. The lowest BCUT2D eigenvalue weighted by Gasteiger charge is -2.20. The first kappa shape index (κ1) is 26.2. The highest BCUT2D eigenvalue weighted by atomic mass is 32.1. The average molecular weight is 593 g/mol. The summed E-state index contributed by atoms with van der Waals surface area (Å²) in [6, 6.07) is 32.7. The molecule has 0 unspecified atom stereocenters. The minimum Gasteiger partial charge on any atom is -0.269 e. The van der Waals surface area contributed by atoms with Crippen LogP contribution in [-0.4, -0.2) is 37.4 Å². The van der Waals surface area contributed by atoms with Crippen molar-refractivity contribution in [2.24, 2.45) is 0 Å². The van der Waals surface area contributed by atoms with Gasteiger partial charge in [0.05, 0.1) is 33.6 Å². The molecule has 0 radical (unpaired) electrons. The first-order valence-corrected chi connectivity index (χ1v) is 15.1. The molecule has 8 heteroatoms. The van der Waals surface area contributed by atoms with Gasteiger partial charge >= 0.3 is 0 Å². The van der Waals surface area contributed by atoms with Crippen LogP contribution in [0, 0.1) is 0 Å². The van der Waals surface area contributed by atoms with E-state index >= 15 is 0 Å². The summed E-state index contributed by atoms with van der Waals surface area (Å²) in [6.07, 6.45) is 0.580. The lowest BCUT2D eigenvalue weighted by molar-refractivity contribution is 0.0642. The van der Waals surface area contributed by atoms with Crippen LogP contribution >= 0.6 is 11.3 Å². The fourth-order valence-electron chi connectivity index (χ4n) is 6.20. The molecule has 2 aromatic heterocycles. The number of fused-ring (bicyclic) bond motifs is 3.